The summed E-state index contributed by atoms with van der Waals surface area (Å²) in [5, 5.41) is 2.96. The number of nitrogens with zero attached hydrogens (tertiary/aromatic N) is 2. The molecule has 1 aliphatic rings. The molecule has 1 saturated carbocycles. The van der Waals surface area contributed by atoms with Crippen LogP contribution in [0.15, 0.2) is 18.3 Å². The Bertz CT molecular complexity index is 478. The molecule has 1 amide bonds. The summed E-state index contributed by atoms with van der Waals surface area (Å²) in [5.41, 5.74) is 1.78. The summed E-state index contributed by atoms with van der Waals surface area (Å²) in [6, 6.07) is 3.93. The van der Waals surface area contributed by atoms with Gasteiger partial charge >= 0.3 is 0 Å². The monoisotopic (exact) mass is 331 g/mol. The van der Waals surface area contributed by atoms with E-state index in [1.807, 2.05) is 12.3 Å². The smallest absolute Gasteiger partial charge is 0.269 e. The van der Waals surface area contributed by atoms with E-state index in [1.54, 1.807) is 0 Å². The van der Waals surface area contributed by atoms with Gasteiger partial charge in [-0.2, -0.15) is 0 Å². The number of carbonyl (C=O) groups is 1. The molecule has 4 nitrogen and oxygen atoms in total. The van der Waals surface area contributed by atoms with Crippen LogP contribution in [0.1, 0.15) is 67.4 Å². The van der Waals surface area contributed by atoms with Gasteiger partial charge < -0.3 is 10.2 Å². The number of hydrogen-bond donors (Lipinski definition) is 1. The highest BCUT2D eigenvalue weighted by atomic mass is 16.1. The van der Waals surface area contributed by atoms with Crippen LogP contribution < -0.4 is 5.32 Å². The van der Waals surface area contributed by atoms with E-state index in [2.05, 4.69) is 35.4 Å². The van der Waals surface area contributed by atoms with Crippen molar-refractivity contribution in [2.24, 2.45) is 5.92 Å². The lowest BCUT2D eigenvalue weighted by molar-refractivity contribution is 0.0948. The Balaban J connectivity index is 1.67. The minimum atomic E-state index is -0.0568. The van der Waals surface area contributed by atoms with Gasteiger partial charge in [-0.3, -0.25) is 9.78 Å². The van der Waals surface area contributed by atoms with E-state index in [-0.39, 0.29) is 5.91 Å². The summed E-state index contributed by atoms with van der Waals surface area (Å²) in [4.78, 5) is 18.6. The quantitative estimate of drug-likeness (QED) is 0.702. The van der Waals surface area contributed by atoms with Crippen LogP contribution in [0.25, 0.3) is 0 Å². The normalized spacial score (nSPS) is 15.6. The maximum Gasteiger partial charge on any atom is 0.269 e. The van der Waals surface area contributed by atoms with Crippen LogP contribution in [-0.4, -0.2) is 43.0 Å². The van der Waals surface area contributed by atoms with Gasteiger partial charge in [0.1, 0.15) is 5.69 Å². The summed E-state index contributed by atoms with van der Waals surface area (Å²) in [6.45, 7) is 1.78. The Morgan fingerprint density at radius 3 is 2.67 bits per heavy atom. The predicted octanol–water partition coefficient (Wildman–Crippen LogP) is 3.67. The SMILES string of the molecule is CN(C)CCCCNC(=O)c1ccc(CCC2CCCCC2)cn1. The predicted molar refractivity (Wildman–Crippen MR) is 99.3 cm³/mol. The van der Waals surface area contributed by atoms with Crippen molar-refractivity contribution in [2.45, 2.75) is 57.8 Å². The summed E-state index contributed by atoms with van der Waals surface area (Å²) >= 11 is 0. The summed E-state index contributed by atoms with van der Waals surface area (Å²) in [6.07, 6.45) is 13.3. The maximum atomic E-state index is 12.1. The molecule has 0 saturated heterocycles. The van der Waals surface area contributed by atoms with Gasteiger partial charge in [-0.05, 0) is 63.9 Å². The first-order chi connectivity index (χ1) is 11.6. The highest BCUT2D eigenvalue weighted by Gasteiger charge is 2.13. The molecule has 0 aromatic carbocycles. The van der Waals surface area contributed by atoms with Gasteiger partial charge in [0.25, 0.3) is 5.91 Å². The molecule has 0 radical (unpaired) electrons. The van der Waals surface area contributed by atoms with Gasteiger partial charge in [-0.1, -0.05) is 38.2 Å². The highest BCUT2D eigenvalue weighted by Crippen LogP contribution is 2.27. The van der Waals surface area contributed by atoms with Crippen LogP contribution in [0.2, 0.25) is 0 Å². The molecule has 0 atom stereocenters. The molecule has 1 N–H and O–H groups in total. The van der Waals surface area contributed by atoms with E-state index in [0.29, 0.717) is 5.69 Å². The zero-order chi connectivity index (χ0) is 17.2. The number of amides is 1. The van der Waals surface area contributed by atoms with E-state index in [9.17, 15) is 4.79 Å². The van der Waals surface area contributed by atoms with Crippen molar-refractivity contribution in [1.82, 2.24) is 15.2 Å². The second-order valence-electron chi connectivity index (χ2n) is 7.36. The first-order valence-electron chi connectivity index (χ1n) is 9.53. The van der Waals surface area contributed by atoms with E-state index >= 15 is 0 Å². The van der Waals surface area contributed by atoms with Crippen molar-refractivity contribution in [2.75, 3.05) is 27.2 Å². The van der Waals surface area contributed by atoms with Gasteiger partial charge in [0.2, 0.25) is 0 Å². The van der Waals surface area contributed by atoms with Crippen LogP contribution in [0, 0.1) is 5.92 Å². The van der Waals surface area contributed by atoms with Crippen LogP contribution >= 0.6 is 0 Å². The molecule has 1 aliphatic carbocycles. The first kappa shape index (κ1) is 18.9. The third-order valence-electron chi connectivity index (χ3n) is 4.94. The minimum Gasteiger partial charge on any atom is -0.351 e. The number of pyridine rings is 1. The topological polar surface area (TPSA) is 45.2 Å². The Kier molecular flexibility index (Phi) is 8.23. The average molecular weight is 332 g/mol. The second-order valence-corrected chi connectivity index (χ2v) is 7.36. The Hall–Kier alpha value is -1.42. The Labute approximate surface area is 147 Å². The fraction of sp³-hybridized carbons (Fsp3) is 0.700. The molecule has 1 aromatic heterocycles. The van der Waals surface area contributed by atoms with Crippen molar-refractivity contribution >= 4 is 5.91 Å². The number of hydrogen-bond acceptors (Lipinski definition) is 3. The third-order valence-corrected chi connectivity index (χ3v) is 4.94. The maximum absolute atomic E-state index is 12.1. The molecule has 2 rings (SSSR count). The Morgan fingerprint density at radius 2 is 2.00 bits per heavy atom. The van der Waals surface area contributed by atoms with Crippen molar-refractivity contribution < 1.29 is 4.79 Å². The molecule has 134 valence electrons. The van der Waals surface area contributed by atoms with Gasteiger partial charge in [-0.15, -0.1) is 0 Å². The fourth-order valence-corrected chi connectivity index (χ4v) is 3.40. The molecule has 0 spiro atoms. The lowest BCUT2D eigenvalue weighted by atomic mass is 9.85. The molecular formula is C20H33N3O. The molecular weight excluding hydrogens is 298 g/mol. The summed E-state index contributed by atoms with van der Waals surface area (Å²) < 4.78 is 0. The number of aromatic nitrogens is 1. The van der Waals surface area contributed by atoms with Gasteiger partial charge in [0.15, 0.2) is 0 Å². The van der Waals surface area contributed by atoms with E-state index in [0.717, 1.165) is 38.3 Å². The van der Waals surface area contributed by atoms with Crippen LogP contribution in [0.4, 0.5) is 0 Å². The molecule has 1 heterocycles. The lowest BCUT2D eigenvalue weighted by Crippen LogP contribution is -2.26. The summed E-state index contributed by atoms with van der Waals surface area (Å²) in [7, 11) is 4.14. The van der Waals surface area contributed by atoms with Crippen molar-refractivity contribution in [3.05, 3.63) is 29.6 Å². The number of rotatable bonds is 9. The zero-order valence-electron chi connectivity index (χ0n) is 15.4. The fourth-order valence-electron chi connectivity index (χ4n) is 3.40. The Morgan fingerprint density at radius 1 is 1.21 bits per heavy atom. The molecule has 0 aliphatic heterocycles. The van der Waals surface area contributed by atoms with Crippen molar-refractivity contribution in [1.29, 1.82) is 0 Å². The number of carbonyl (C=O) groups excluding carboxylic acids is 1. The standard InChI is InChI=1S/C20H33N3O/c1-23(2)15-7-6-14-21-20(24)19-13-12-18(16-22-19)11-10-17-8-4-3-5-9-17/h12-13,16-17H,3-11,14-15H2,1-2H3,(H,21,24). The molecule has 24 heavy (non-hydrogen) atoms. The second kappa shape index (κ2) is 10.4. The number of nitrogens with one attached hydrogen (secondary N) is 1. The van der Waals surface area contributed by atoms with Gasteiger partial charge in [-0.25, -0.2) is 0 Å². The molecule has 4 heteroatoms. The van der Waals surface area contributed by atoms with Crippen molar-refractivity contribution in [3.8, 4) is 0 Å². The van der Waals surface area contributed by atoms with Gasteiger partial charge in [0.05, 0.1) is 0 Å². The third kappa shape index (κ3) is 7.00. The van der Waals surface area contributed by atoms with Crippen LogP contribution in [-0.2, 0) is 6.42 Å². The van der Waals surface area contributed by atoms with Crippen LogP contribution in [0.5, 0.6) is 0 Å². The molecule has 1 fully saturated rings. The van der Waals surface area contributed by atoms with E-state index in [4.69, 9.17) is 0 Å². The zero-order valence-corrected chi connectivity index (χ0v) is 15.4. The molecule has 0 unspecified atom stereocenters. The van der Waals surface area contributed by atoms with Crippen molar-refractivity contribution in [3.63, 3.8) is 0 Å². The summed E-state index contributed by atoms with van der Waals surface area (Å²) in [5.74, 6) is 0.836. The number of unbranched alkanes of at least 4 members (excludes halogenated alkanes) is 1. The highest BCUT2D eigenvalue weighted by molar-refractivity contribution is 5.92. The molecule has 1 aromatic rings. The largest absolute Gasteiger partial charge is 0.351 e. The molecule has 0 bridgehead atoms. The minimum absolute atomic E-state index is 0.0568. The van der Waals surface area contributed by atoms with E-state index in [1.165, 1.54) is 44.1 Å². The van der Waals surface area contributed by atoms with Gasteiger partial charge in [0, 0.05) is 12.7 Å². The number of aryl methyl sites for hydroxylation is 1. The first-order valence-corrected chi connectivity index (χ1v) is 9.53. The lowest BCUT2D eigenvalue weighted by Gasteiger charge is -2.21. The van der Waals surface area contributed by atoms with Crippen LogP contribution in [0.3, 0.4) is 0 Å². The van der Waals surface area contributed by atoms with E-state index < -0.39 is 0 Å². The average Bonchev–Trinajstić information content (AvgIpc) is 2.60.